The van der Waals surface area contributed by atoms with Gasteiger partial charge >= 0.3 is 0 Å². The fourth-order valence-corrected chi connectivity index (χ4v) is 1.02. The van der Waals surface area contributed by atoms with Crippen molar-refractivity contribution in [2.75, 3.05) is 59.4 Å². The monoisotopic (exact) mass is 268 g/mol. The maximum Gasteiger partial charge on any atom is 0.219 e. The second-order valence-corrected chi connectivity index (χ2v) is 3.45. The summed E-state index contributed by atoms with van der Waals surface area (Å²) in [6, 6.07) is 0. The van der Waals surface area contributed by atoms with Gasteiger partial charge in [-0.3, -0.25) is 4.79 Å². The SMILES string of the molecule is NCCOCCOCCOCCOCCC(N)=O.[HH].[HH]. The number of ether oxygens (including phenoxy) is 4. The first kappa shape index (κ1) is 17.3. The lowest BCUT2D eigenvalue weighted by atomic mass is 10.4. The second-order valence-electron chi connectivity index (χ2n) is 3.45. The predicted molar refractivity (Wildman–Crippen MR) is 70.4 cm³/mol. The number of nitrogens with two attached hydrogens (primary N) is 2. The lowest BCUT2D eigenvalue weighted by molar-refractivity contribution is -0.119. The quantitative estimate of drug-likeness (QED) is 0.407. The summed E-state index contributed by atoms with van der Waals surface area (Å²) in [6.07, 6.45) is 0.242. The summed E-state index contributed by atoms with van der Waals surface area (Å²) in [5.41, 5.74) is 10.2. The molecule has 0 atom stereocenters. The van der Waals surface area contributed by atoms with Crippen molar-refractivity contribution in [3.05, 3.63) is 0 Å². The molecule has 7 nitrogen and oxygen atoms in total. The maximum atomic E-state index is 10.4. The van der Waals surface area contributed by atoms with Crippen LogP contribution >= 0.6 is 0 Å². The highest BCUT2D eigenvalue weighted by molar-refractivity contribution is 5.73. The highest BCUT2D eigenvalue weighted by Gasteiger charge is 1.94. The predicted octanol–water partition coefficient (Wildman–Crippen LogP) is -0.621. The van der Waals surface area contributed by atoms with Crippen LogP contribution in [-0.2, 0) is 23.7 Å². The van der Waals surface area contributed by atoms with Gasteiger partial charge in [0.05, 0.1) is 52.9 Å². The molecule has 0 bridgehead atoms. The first-order valence-electron chi connectivity index (χ1n) is 6.06. The van der Waals surface area contributed by atoms with Crippen LogP contribution in [0.2, 0.25) is 0 Å². The number of hydrogen-bond acceptors (Lipinski definition) is 6. The molecule has 4 N–H and O–H groups in total. The average molecular weight is 268 g/mol. The molecule has 0 saturated heterocycles. The van der Waals surface area contributed by atoms with E-state index >= 15 is 0 Å². The number of carbonyl (C=O) groups excluding carboxylic acids is 1. The summed E-state index contributed by atoms with van der Waals surface area (Å²) in [4.78, 5) is 10.4. The van der Waals surface area contributed by atoms with Gasteiger partial charge in [-0.2, -0.15) is 0 Å². The van der Waals surface area contributed by atoms with Crippen molar-refractivity contribution in [2.24, 2.45) is 11.5 Å². The molecule has 0 spiro atoms. The molecule has 0 unspecified atom stereocenters. The van der Waals surface area contributed by atoms with Crippen LogP contribution in [-0.4, -0.2) is 65.3 Å². The van der Waals surface area contributed by atoms with Crippen molar-refractivity contribution in [3.63, 3.8) is 0 Å². The molecule has 0 fully saturated rings. The minimum Gasteiger partial charge on any atom is -0.379 e. The second kappa shape index (κ2) is 14.3. The van der Waals surface area contributed by atoms with Gasteiger partial charge in [0.1, 0.15) is 0 Å². The summed E-state index contributed by atoms with van der Waals surface area (Å²) < 4.78 is 20.7. The van der Waals surface area contributed by atoms with Gasteiger partial charge in [-0.25, -0.2) is 0 Å². The van der Waals surface area contributed by atoms with Crippen LogP contribution in [0.1, 0.15) is 9.27 Å². The molecule has 0 aliphatic carbocycles. The Morgan fingerprint density at radius 2 is 1.17 bits per heavy atom. The lowest BCUT2D eigenvalue weighted by Gasteiger charge is -2.06. The Morgan fingerprint density at radius 3 is 1.56 bits per heavy atom. The first-order chi connectivity index (χ1) is 8.77. The molecular formula is C11H28N2O5. The number of rotatable bonds is 14. The Labute approximate surface area is 111 Å². The van der Waals surface area contributed by atoms with E-state index in [1.54, 1.807) is 0 Å². The summed E-state index contributed by atoms with van der Waals surface area (Å²) in [5, 5.41) is 0. The zero-order valence-corrected chi connectivity index (χ0v) is 10.8. The number of hydrogen-bond donors (Lipinski definition) is 2. The Hall–Kier alpha value is -0.730. The van der Waals surface area contributed by atoms with Gasteiger partial charge in [0, 0.05) is 15.8 Å². The van der Waals surface area contributed by atoms with Crippen molar-refractivity contribution < 1.29 is 26.6 Å². The molecule has 0 radical (unpaired) electrons. The van der Waals surface area contributed by atoms with Gasteiger partial charge in [0.25, 0.3) is 0 Å². The van der Waals surface area contributed by atoms with Gasteiger partial charge in [-0.15, -0.1) is 0 Å². The zero-order valence-electron chi connectivity index (χ0n) is 10.8. The van der Waals surface area contributed by atoms with E-state index in [4.69, 9.17) is 30.4 Å². The van der Waals surface area contributed by atoms with Gasteiger partial charge in [-0.1, -0.05) is 0 Å². The van der Waals surface area contributed by atoms with E-state index in [0.29, 0.717) is 59.4 Å². The maximum absolute atomic E-state index is 10.4. The Kier molecular flexibility index (Phi) is 13.8. The van der Waals surface area contributed by atoms with Crippen LogP contribution in [0.5, 0.6) is 0 Å². The standard InChI is InChI=1S/C11H24N2O5.2H2/c12-2-4-16-6-8-18-10-9-17-7-5-15-3-1-11(13)14;;/h1-10,12H2,(H2,13,14);2*1H. The highest BCUT2D eigenvalue weighted by Crippen LogP contribution is 1.84. The van der Waals surface area contributed by atoms with Gasteiger partial charge < -0.3 is 30.4 Å². The fraction of sp³-hybridized carbons (Fsp3) is 0.909. The minimum absolute atomic E-state index is 0. The van der Waals surface area contributed by atoms with E-state index < -0.39 is 0 Å². The molecular weight excluding hydrogens is 240 g/mol. The molecule has 1 amide bonds. The summed E-state index contributed by atoms with van der Waals surface area (Å²) in [7, 11) is 0. The molecule has 0 saturated carbocycles. The molecule has 0 aromatic heterocycles. The molecule has 0 heterocycles. The third kappa shape index (κ3) is 15.3. The van der Waals surface area contributed by atoms with E-state index in [1.807, 2.05) is 0 Å². The Bertz CT molecular complexity index is 202. The molecule has 0 aliphatic rings. The summed E-state index contributed by atoms with van der Waals surface area (Å²) >= 11 is 0. The minimum atomic E-state index is -0.360. The molecule has 0 rings (SSSR count). The Morgan fingerprint density at radius 1 is 0.778 bits per heavy atom. The molecule has 0 aromatic carbocycles. The normalized spacial score (nSPS) is 10.7. The molecule has 0 aliphatic heterocycles. The van der Waals surface area contributed by atoms with Crippen LogP contribution in [0.4, 0.5) is 0 Å². The van der Waals surface area contributed by atoms with Crippen molar-refractivity contribution in [3.8, 4) is 0 Å². The van der Waals surface area contributed by atoms with Crippen LogP contribution in [0, 0.1) is 0 Å². The fourth-order valence-electron chi connectivity index (χ4n) is 1.02. The third-order valence-corrected chi connectivity index (χ3v) is 1.87. The largest absolute Gasteiger partial charge is 0.379 e. The third-order valence-electron chi connectivity index (χ3n) is 1.87. The van der Waals surface area contributed by atoms with Crippen molar-refractivity contribution in [2.45, 2.75) is 6.42 Å². The number of carbonyl (C=O) groups is 1. The molecule has 7 heteroatoms. The van der Waals surface area contributed by atoms with Crippen LogP contribution in [0.3, 0.4) is 0 Å². The molecule has 0 aromatic rings. The van der Waals surface area contributed by atoms with E-state index in [1.165, 1.54) is 0 Å². The van der Waals surface area contributed by atoms with Gasteiger partial charge in [0.2, 0.25) is 5.91 Å². The van der Waals surface area contributed by atoms with E-state index in [0.717, 1.165) is 0 Å². The Balaban J connectivity index is -0.00000144. The summed E-state index contributed by atoms with van der Waals surface area (Å²) in [5.74, 6) is -0.360. The number of amides is 1. The smallest absolute Gasteiger partial charge is 0.219 e. The van der Waals surface area contributed by atoms with Crippen molar-refractivity contribution >= 4 is 5.91 Å². The van der Waals surface area contributed by atoms with Crippen molar-refractivity contribution in [1.29, 1.82) is 0 Å². The lowest BCUT2D eigenvalue weighted by Crippen LogP contribution is -2.16. The average Bonchev–Trinajstić information content (AvgIpc) is 2.34. The van der Waals surface area contributed by atoms with Crippen LogP contribution in [0.25, 0.3) is 0 Å². The topological polar surface area (TPSA) is 106 Å². The van der Waals surface area contributed by atoms with E-state index in [-0.39, 0.29) is 15.2 Å². The van der Waals surface area contributed by atoms with Crippen LogP contribution < -0.4 is 11.5 Å². The summed E-state index contributed by atoms with van der Waals surface area (Å²) in [6.45, 7) is 4.48. The molecule has 18 heavy (non-hydrogen) atoms. The first-order valence-corrected chi connectivity index (χ1v) is 6.06. The van der Waals surface area contributed by atoms with E-state index in [9.17, 15) is 4.79 Å². The van der Waals surface area contributed by atoms with Gasteiger partial charge in [0.15, 0.2) is 0 Å². The van der Waals surface area contributed by atoms with Gasteiger partial charge in [-0.05, 0) is 0 Å². The highest BCUT2D eigenvalue weighted by atomic mass is 16.6. The molecule has 112 valence electrons. The zero-order chi connectivity index (χ0) is 13.5. The number of primary amides is 1. The van der Waals surface area contributed by atoms with E-state index in [2.05, 4.69) is 0 Å². The van der Waals surface area contributed by atoms with Crippen LogP contribution in [0.15, 0.2) is 0 Å². The van der Waals surface area contributed by atoms with Crippen molar-refractivity contribution in [1.82, 2.24) is 0 Å².